The van der Waals surface area contributed by atoms with Gasteiger partial charge in [0.2, 0.25) is 0 Å². The van der Waals surface area contributed by atoms with E-state index in [0.717, 1.165) is 11.6 Å². The first kappa shape index (κ1) is 27.4. The average Bonchev–Trinajstić information content (AvgIpc) is 3.35. The van der Waals surface area contributed by atoms with Gasteiger partial charge in [-0.3, -0.25) is 20.0 Å². The Hall–Kier alpha value is -5.59. The van der Waals surface area contributed by atoms with Crippen LogP contribution in [0.15, 0.2) is 71.5 Å². The van der Waals surface area contributed by atoms with E-state index in [1.165, 1.54) is 26.4 Å². The summed E-state index contributed by atoms with van der Waals surface area (Å²) in [5.41, 5.74) is 9.12. The summed E-state index contributed by atoms with van der Waals surface area (Å²) >= 11 is 0. The number of amides is 1. The molecule has 1 amide bonds. The van der Waals surface area contributed by atoms with Crippen LogP contribution in [0.2, 0.25) is 0 Å². The maximum absolute atomic E-state index is 13.1. The van der Waals surface area contributed by atoms with Crippen molar-refractivity contribution in [2.24, 2.45) is 5.73 Å². The molecule has 40 heavy (non-hydrogen) atoms. The van der Waals surface area contributed by atoms with E-state index in [4.69, 9.17) is 20.6 Å². The third-order valence-corrected chi connectivity index (χ3v) is 5.82. The number of hydrogen-bond donors (Lipinski definition) is 5. The molecule has 4 rings (SSSR count). The molecule has 0 bridgehead atoms. The normalized spacial score (nSPS) is 11.3. The van der Waals surface area contributed by atoms with Crippen LogP contribution in [-0.2, 0) is 9.63 Å². The molecule has 0 unspecified atom stereocenters. The van der Waals surface area contributed by atoms with Gasteiger partial charge in [-0.2, -0.15) is 10.2 Å². The van der Waals surface area contributed by atoms with Gasteiger partial charge in [-0.25, -0.2) is 4.79 Å². The van der Waals surface area contributed by atoms with Gasteiger partial charge in [0.15, 0.2) is 17.3 Å². The summed E-state index contributed by atoms with van der Waals surface area (Å²) in [6, 6.07) is 17.7. The van der Waals surface area contributed by atoms with Gasteiger partial charge in [0.1, 0.15) is 11.9 Å². The van der Waals surface area contributed by atoms with Gasteiger partial charge in [0.25, 0.3) is 5.91 Å². The molecule has 13 heteroatoms. The van der Waals surface area contributed by atoms with Crippen molar-refractivity contribution >= 4 is 23.4 Å². The molecule has 0 aliphatic rings. The Balaban J connectivity index is 1.78. The van der Waals surface area contributed by atoms with Gasteiger partial charge < -0.3 is 25.4 Å². The second-order valence-electron chi connectivity index (χ2n) is 8.45. The van der Waals surface area contributed by atoms with Crippen molar-refractivity contribution in [3.63, 3.8) is 0 Å². The van der Waals surface area contributed by atoms with Gasteiger partial charge in [-0.15, -0.1) is 5.10 Å². The Labute approximate surface area is 228 Å². The van der Waals surface area contributed by atoms with E-state index < -0.39 is 23.6 Å². The van der Waals surface area contributed by atoms with Gasteiger partial charge in [-0.1, -0.05) is 18.2 Å². The van der Waals surface area contributed by atoms with E-state index in [0.29, 0.717) is 28.3 Å². The number of anilines is 1. The number of H-pyrrole nitrogens is 1. The molecule has 0 aliphatic heterocycles. The van der Waals surface area contributed by atoms with Crippen molar-refractivity contribution in [2.75, 3.05) is 19.5 Å². The number of hydroxylamine groups is 1. The predicted molar refractivity (Wildman–Crippen MR) is 146 cm³/mol. The zero-order valence-corrected chi connectivity index (χ0v) is 21.8. The highest BCUT2D eigenvalue weighted by Crippen LogP contribution is 2.33. The maximum atomic E-state index is 13.1. The fourth-order valence-electron chi connectivity index (χ4n) is 3.91. The lowest BCUT2D eigenvalue weighted by molar-refractivity contribution is -0.146. The highest BCUT2D eigenvalue weighted by molar-refractivity contribution is 5.97. The average molecular weight is 546 g/mol. The summed E-state index contributed by atoms with van der Waals surface area (Å²) in [4.78, 5) is 44.3. The second kappa shape index (κ2) is 11.9. The third kappa shape index (κ3) is 5.93. The van der Waals surface area contributed by atoms with E-state index in [2.05, 4.69) is 20.2 Å². The molecule has 0 fully saturated rings. The highest BCUT2D eigenvalue weighted by atomic mass is 16.7. The van der Waals surface area contributed by atoms with Gasteiger partial charge >= 0.3 is 11.7 Å². The molecule has 4 aromatic rings. The van der Waals surface area contributed by atoms with Crippen LogP contribution in [0, 0.1) is 5.41 Å². The number of rotatable bonds is 9. The number of hydrogen-bond acceptors (Lipinski definition) is 9. The smallest absolute Gasteiger partial charge is 0.348 e. The van der Waals surface area contributed by atoms with Crippen LogP contribution in [0.4, 0.5) is 5.69 Å². The van der Waals surface area contributed by atoms with Crippen molar-refractivity contribution in [2.45, 2.75) is 13.0 Å². The lowest BCUT2D eigenvalue weighted by Gasteiger charge is -2.20. The minimum atomic E-state index is -0.734. The first-order valence-electron chi connectivity index (χ1n) is 11.9. The third-order valence-electron chi connectivity index (χ3n) is 5.82. The van der Waals surface area contributed by atoms with E-state index >= 15 is 0 Å². The predicted octanol–water partition coefficient (Wildman–Crippen LogP) is 2.27. The van der Waals surface area contributed by atoms with Crippen molar-refractivity contribution in [1.82, 2.24) is 20.2 Å². The first-order valence-corrected chi connectivity index (χ1v) is 11.9. The monoisotopic (exact) mass is 545 g/mol. The SMILES string of the molecule is COc1ccc([C@H](Nc2ccc(C(=N)N)cc2)c2nn(-c3ccccc3C(=O)NOC(C)=O)c(=O)[nH]2)cc1OC. The zero-order valence-electron chi connectivity index (χ0n) is 21.8. The van der Waals surface area contributed by atoms with Gasteiger partial charge in [0, 0.05) is 18.2 Å². The molecule has 0 spiro atoms. The summed E-state index contributed by atoms with van der Waals surface area (Å²) in [6.45, 7) is 1.14. The number of para-hydroxylation sites is 1. The standard InChI is InChI=1S/C27H27N7O6/c1-15(35)40-33-26(36)19-6-4-5-7-20(19)34-27(37)31-25(32-34)23(17-10-13-21(38-2)22(14-17)39-3)30-18-11-8-16(9-12-18)24(28)29/h4-14,23,30H,1-3H3,(H3,28,29)(H,33,36)(H,31,32,37)/t23-/m0/s1. The molecule has 206 valence electrons. The molecule has 0 saturated heterocycles. The molecule has 13 nitrogen and oxygen atoms in total. The number of carbonyl (C=O) groups excluding carboxylic acids is 2. The molecule has 1 aromatic heterocycles. The second-order valence-corrected chi connectivity index (χ2v) is 8.45. The molecule has 0 aliphatic carbocycles. The number of carbonyl (C=O) groups is 2. The highest BCUT2D eigenvalue weighted by Gasteiger charge is 2.24. The van der Waals surface area contributed by atoms with E-state index in [9.17, 15) is 14.4 Å². The van der Waals surface area contributed by atoms with Crippen LogP contribution in [0.25, 0.3) is 5.69 Å². The van der Waals surface area contributed by atoms with Crippen LogP contribution >= 0.6 is 0 Å². The summed E-state index contributed by atoms with van der Waals surface area (Å²) in [6.07, 6.45) is 0. The van der Waals surface area contributed by atoms with E-state index in [1.807, 2.05) is 5.48 Å². The van der Waals surface area contributed by atoms with Gasteiger partial charge in [0.05, 0.1) is 25.5 Å². The fourth-order valence-corrected chi connectivity index (χ4v) is 3.91. The number of amidine groups is 1. The maximum Gasteiger partial charge on any atom is 0.348 e. The van der Waals surface area contributed by atoms with Crippen molar-refractivity contribution in [1.29, 1.82) is 5.41 Å². The van der Waals surface area contributed by atoms with E-state index in [1.54, 1.807) is 54.6 Å². The van der Waals surface area contributed by atoms with Crippen molar-refractivity contribution < 1.29 is 23.9 Å². The van der Waals surface area contributed by atoms with E-state index in [-0.39, 0.29) is 22.9 Å². The molecule has 6 N–H and O–H groups in total. The van der Waals surface area contributed by atoms with Crippen LogP contribution in [0.5, 0.6) is 11.5 Å². The number of nitrogens with zero attached hydrogens (tertiary/aromatic N) is 2. The molecule has 0 saturated carbocycles. The van der Waals surface area contributed by atoms with Gasteiger partial charge in [-0.05, 0) is 54.1 Å². The Bertz CT molecular complexity index is 1610. The van der Waals surface area contributed by atoms with Crippen molar-refractivity contribution in [3.05, 3.63) is 99.7 Å². The summed E-state index contributed by atoms with van der Waals surface area (Å²) in [5.74, 6) is -0.298. The number of nitrogens with two attached hydrogens (primary N) is 1. The number of aromatic amines is 1. The van der Waals surface area contributed by atoms with Crippen LogP contribution < -0.4 is 31.7 Å². The summed E-state index contributed by atoms with van der Waals surface area (Å²) < 4.78 is 11.9. The Morgan fingerprint density at radius 1 is 1.02 bits per heavy atom. The van der Waals surface area contributed by atoms with Crippen LogP contribution in [-0.4, -0.2) is 46.7 Å². The number of nitrogen functional groups attached to an aromatic ring is 1. The summed E-state index contributed by atoms with van der Waals surface area (Å²) in [5, 5.41) is 15.5. The number of ether oxygens (including phenoxy) is 2. The number of benzene rings is 3. The zero-order chi connectivity index (χ0) is 28.8. The quantitative estimate of drug-likeness (QED) is 0.119. The lowest BCUT2D eigenvalue weighted by atomic mass is 10.0. The number of methoxy groups -OCH3 is 2. The fraction of sp³-hybridized carbons (Fsp3) is 0.148. The number of nitrogens with one attached hydrogen (secondary N) is 4. The lowest BCUT2D eigenvalue weighted by Crippen LogP contribution is -2.28. The topological polar surface area (TPSA) is 186 Å². The minimum Gasteiger partial charge on any atom is -0.493 e. The first-order chi connectivity index (χ1) is 19.2. The van der Waals surface area contributed by atoms with Crippen molar-refractivity contribution in [3.8, 4) is 17.2 Å². The Kier molecular flexibility index (Phi) is 8.13. The van der Waals surface area contributed by atoms with Crippen LogP contribution in [0.3, 0.4) is 0 Å². The molecule has 1 heterocycles. The molecular formula is C27H27N7O6. The largest absolute Gasteiger partial charge is 0.493 e. The molecule has 0 radical (unpaired) electrons. The minimum absolute atomic E-state index is 0.0550. The molecule has 1 atom stereocenters. The molecule has 3 aromatic carbocycles. The van der Waals surface area contributed by atoms with Crippen LogP contribution in [0.1, 0.15) is 40.3 Å². The Morgan fingerprint density at radius 3 is 2.38 bits per heavy atom. The molecular weight excluding hydrogens is 518 g/mol. The summed E-state index contributed by atoms with van der Waals surface area (Å²) in [7, 11) is 3.04. The Morgan fingerprint density at radius 2 is 1.73 bits per heavy atom. The number of aromatic nitrogens is 3.